The first-order valence-electron chi connectivity index (χ1n) is 2.39. The summed E-state index contributed by atoms with van der Waals surface area (Å²) in [5.74, 6) is 0.905. The standard InChI is InChI=1S/C6H9/c1-2-3-6-4-5-6/h2-3,6H,1,4-5H2/b3-2+. The summed E-state index contributed by atoms with van der Waals surface area (Å²) in [7, 11) is 0. The van der Waals surface area contributed by atoms with Gasteiger partial charge in [0.25, 0.3) is 0 Å². The molecule has 33 valence electrons. The van der Waals surface area contributed by atoms with Gasteiger partial charge in [-0.25, -0.2) is 0 Å². The molecule has 0 atom stereocenters. The normalized spacial score (nSPS) is 22.8. The third-order valence-electron chi connectivity index (χ3n) is 1.03. The maximum absolute atomic E-state index is 3.59. The van der Waals surface area contributed by atoms with E-state index in [-0.39, 0.29) is 0 Å². The molecule has 0 N–H and O–H groups in total. The zero-order chi connectivity index (χ0) is 4.41. The molecule has 1 saturated carbocycles. The van der Waals surface area contributed by atoms with Crippen molar-refractivity contribution in [3.05, 3.63) is 19.1 Å². The molecule has 0 nitrogen and oxygen atoms in total. The van der Waals surface area contributed by atoms with Gasteiger partial charge in [-0.1, -0.05) is 12.2 Å². The molecule has 1 aliphatic carbocycles. The fourth-order valence-electron chi connectivity index (χ4n) is 0.481. The molecule has 0 aromatic rings. The molecule has 1 aliphatic rings. The second kappa shape index (κ2) is 1.46. The van der Waals surface area contributed by atoms with E-state index in [1.807, 2.05) is 6.08 Å². The van der Waals surface area contributed by atoms with Gasteiger partial charge in [0.2, 0.25) is 0 Å². The molecule has 6 heavy (non-hydrogen) atoms. The molecule has 1 fully saturated rings. The smallest absolute Gasteiger partial charge is 0.0233 e. The summed E-state index contributed by atoms with van der Waals surface area (Å²) < 4.78 is 0. The van der Waals surface area contributed by atoms with Gasteiger partial charge >= 0.3 is 0 Å². The Balaban J connectivity index is 2.15. The van der Waals surface area contributed by atoms with Crippen LogP contribution >= 0.6 is 0 Å². The van der Waals surface area contributed by atoms with E-state index in [1.165, 1.54) is 12.8 Å². The van der Waals surface area contributed by atoms with E-state index in [2.05, 4.69) is 13.0 Å². The van der Waals surface area contributed by atoms with Crippen molar-refractivity contribution >= 4 is 0 Å². The van der Waals surface area contributed by atoms with Gasteiger partial charge in [-0.2, -0.15) is 0 Å². The molecule has 0 aromatic heterocycles. The molecule has 1 rings (SSSR count). The number of rotatable bonds is 1. The molecular weight excluding hydrogens is 72.1 g/mol. The maximum Gasteiger partial charge on any atom is -0.0233 e. The fraction of sp³-hybridized carbons (Fsp3) is 0.500. The van der Waals surface area contributed by atoms with Crippen LogP contribution in [0.4, 0.5) is 0 Å². The Labute approximate surface area is 38.9 Å². The van der Waals surface area contributed by atoms with Gasteiger partial charge in [-0.15, -0.1) is 0 Å². The lowest BCUT2D eigenvalue weighted by Crippen LogP contribution is -1.55. The summed E-state index contributed by atoms with van der Waals surface area (Å²) in [5, 5.41) is 0. The maximum atomic E-state index is 3.59. The largest absolute Gasteiger partial charge is 0.0880 e. The van der Waals surface area contributed by atoms with Crippen LogP contribution in [-0.2, 0) is 0 Å². The Morgan fingerprint density at radius 2 is 2.17 bits per heavy atom. The lowest BCUT2D eigenvalue weighted by atomic mass is 10.4. The highest BCUT2D eigenvalue weighted by atomic mass is 14.2. The molecule has 1 radical (unpaired) electrons. The summed E-state index contributed by atoms with van der Waals surface area (Å²) in [6.45, 7) is 3.59. The number of hydrogen-bond donors (Lipinski definition) is 0. The average Bonchev–Trinajstić information content (AvgIpc) is 2.21. The average molecular weight is 81.1 g/mol. The van der Waals surface area contributed by atoms with Crippen LogP contribution in [-0.4, -0.2) is 0 Å². The van der Waals surface area contributed by atoms with E-state index in [0.717, 1.165) is 5.92 Å². The van der Waals surface area contributed by atoms with Crippen LogP contribution in [0.3, 0.4) is 0 Å². The third kappa shape index (κ3) is 0.852. The van der Waals surface area contributed by atoms with E-state index in [9.17, 15) is 0 Å². The molecule has 0 unspecified atom stereocenters. The van der Waals surface area contributed by atoms with Crippen molar-refractivity contribution in [2.45, 2.75) is 12.8 Å². The van der Waals surface area contributed by atoms with Crippen molar-refractivity contribution in [3.63, 3.8) is 0 Å². The molecule has 0 spiro atoms. The zero-order valence-electron chi connectivity index (χ0n) is 3.85. The van der Waals surface area contributed by atoms with E-state index in [1.54, 1.807) is 0 Å². The van der Waals surface area contributed by atoms with Gasteiger partial charge in [0, 0.05) is 0 Å². The van der Waals surface area contributed by atoms with Crippen LogP contribution in [0.15, 0.2) is 12.2 Å². The lowest BCUT2D eigenvalue weighted by Gasteiger charge is -1.69. The molecule has 0 aliphatic heterocycles. The minimum Gasteiger partial charge on any atom is -0.0880 e. The number of allylic oxidation sites excluding steroid dienone is 2. The Kier molecular flexibility index (Phi) is 0.952. The first kappa shape index (κ1) is 3.91. The zero-order valence-corrected chi connectivity index (χ0v) is 3.85. The van der Waals surface area contributed by atoms with Crippen molar-refractivity contribution in [3.8, 4) is 0 Å². The van der Waals surface area contributed by atoms with Crippen LogP contribution in [0.25, 0.3) is 0 Å². The Hall–Kier alpha value is -0.260. The lowest BCUT2D eigenvalue weighted by molar-refractivity contribution is 1.12. The van der Waals surface area contributed by atoms with Crippen LogP contribution in [0.1, 0.15) is 12.8 Å². The predicted molar refractivity (Wildman–Crippen MR) is 27.2 cm³/mol. The highest BCUT2D eigenvalue weighted by Crippen LogP contribution is 2.29. The second-order valence-corrected chi connectivity index (χ2v) is 1.77. The summed E-state index contributed by atoms with van der Waals surface area (Å²) in [5.41, 5.74) is 0. The van der Waals surface area contributed by atoms with Crippen LogP contribution in [0, 0.1) is 12.8 Å². The fourth-order valence-corrected chi connectivity index (χ4v) is 0.481. The SMILES string of the molecule is [CH2]/C=C/C1CC1. The summed E-state index contributed by atoms with van der Waals surface area (Å²) in [6.07, 6.45) is 6.84. The first-order chi connectivity index (χ1) is 2.93. The molecule has 0 bridgehead atoms. The third-order valence-corrected chi connectivity index (χ3v) is 1.03. The van der Waals surface area contributed by atoms with E-state index < -0.39 is 0 Å². The first-order valence-corrected chi connectivity index (χ1v) is 2.39. The number of hydrogen-bond acceptors (Lipinski definition) is 0. The summed E-state index contributed by atoms with van der Waals surface area (Å²) in [6, 6.07) is 0. The van der Waals surface area contributed by atoms with E-state index >= 15 is 0 Å². The highest BCUT2D eigenvalue weighted by molar-refractivity contribution is 4.96. The monoisotopic (exact) mass is 81.1 g/mol. The minimum absolute atomic E-state index is 0.905. The van der Waals surface area contributed by atoms with E-state index in [4.69, 9.17) is 0 Å². The second-order valence-electron chi connectivity index (χ2n) is 1.77. The Morgan fingerprint density at radius 3 is 2.33 bits per heavy atom. The molecule has 0 aromatic carbocycles. The minimum atomic E-state index is 0.905. The van der Waals surface area contributed by atoms with Crippen molar-refractivity contribution < 1.29 is 0 Å². The Bertz CT molecular complexity index is 58.4. The highest BCUT2D eigenvalue weighted by Gasteiger charge is 2.15. The van der Waals surface area contributed by atoms with Crippen molar-refractivity contribution in [2.24, 2.45) is 5.92 Å². The van der Waals surface area contributed by atoms with Crippen molar-refractivity contribution in [2.75, 3.05) is 0 Å². The van der Waals surface area contributed by atoms with Gasteiger partial charge < -0.3 is 0 Å². The van der Waals surface area contributed by atoms with Gasteiger partial charge in [0.15, 0.2) is 0 Å². The van der Waals surface area contributed by atoms with Crippen molar-refractivity contribution in [1.82, 2.24) is 0 Å². The van der Waals surface area contributed by atoms with Gasteiger partial charge in [-0.05, 0) is 25.7 Å². The quantitative estimate of drug-likeness (QED) is 0.451. The van der Waals surface area contributed by atoms with Crippen LogP contribution < -0.4 is 0 Å². The predicted octanol–water partition coefficient (Wildman–Crippen LogP) is 1.79. The molecule has 0 amide bonds. The summed E-state index contributed by atoms with van der Waals surface area (Å²) >= 11 is 0. The topological polar surface area (TPSA) is 0 Å². The van der Waals surface area contributed by atoms with Crippen LogP contribution in [0.5, 0.6) is 0 Å². The van der Waals surface area contributed by atoms with Gasteiger partial charge in [0.05, 0.1) is 0 Å². The molecule has 0 heterocycles. The molecule has 0 saturated heterocycles. The van der Waals surface area contributed by atoms with E-state index in [0.29, 0.717) is 0 Å². The van der Waals surface area contributed by atoms with Gasteiger partial charge in [0.1, 0.15) is 0 Å². The van der Waals surface area contributed by atoms with Gasteiger partial charge in [-0.3, -0.25) is 0 Å². The van der Waals surface area contributed by atoms with Crippen LogP contribution in [0.2, 0.25) is 0 Å². The Morgan fingerprint density at radius 1 is 1.50 bits per heavy atom. The van der Waals surface area contributed by atoms with Crippen molar-refractivity contribution in [1.29, 1.82) is 0 Å². The molecule has 0 heteroatoms. The summed E-state index contributed by atoms with van der Waals surface area (Å²) in [4.78, 5) is 0. The molecular formula is C6H9.